The molecule has 132 valence electrons. The predicted octanol–water partition coefficient (Wildman–Crippen LogP) is 5.50. The number of hydrogen-bond donors (Lipinski definition) is 0. The van der Waals surface area contributed by atoms with Crippen molar-refractivity contribution in [3.8, 4) is 22.6 Å². The van der Waals surface area contributed by atoms with Crippen LogP contribution in [0, 0.1) is 5.82 Å². The molecule has 0 saturated carbocycles. The van der Waals surface area contributed by atoms with Crippen LogP contribution in [0.4, 0.5) is 4.39 Å². The lowest BCUT2D eigenvalue weighted by molar-refractivity contribution is 0.0734. The number of benzene rings is 3. The fourth-order valence-electron chi connectivity index (χ4n) is 2.43. The molecule has 0 aliphatic carbocycles. The summed E-state index contributed by atoms with van der Waals surface area (Å²) in [5, 5.41) is 0. The van der Waals surface area contributed by atoms with Crippen molar-refractivity contribution in [2.45, 2.75) is 13.3 Å². The lowest BCUT2D eigenvalue weighted by Gasteiger charge is -2.07. The van der Waals surface area contributed by atoms with Gasteiger partial charge in [0.2, 0.25) is 0 Å². The largest absolute Gasteiger partial charge is 0.494 e. The molecule has 26 heavy (non-hydrogen) atoms. The third-order valence-electron chi connectivity index (χ3n) is 3.81. The van der Waals surface area contributed by atoms with Crippen molar-refractivity contribution in [2.24, 2.45) is 0 Å². The topological polar surface area (TPSA) is 35.5 Å². The summed E-state index contributed by atoms with van der Waals surface area (Å²) in [4.78, 5) is 12.2. The van der Waals surface area contributed by atoms with Crippen LogP contribution >= 0.6 is 0 Å². The monoisotopic (exact) mass is 350 g/mol. The molecular weight excluding hydrogens is 331 g/mol. The van der Waals surface area contributed by atoms with Crippen molar-refractivity contribution in [3.05, 3.63) is 84.2 Å². The van der Waals surface area contributed by atoms with E-state index in [9.17, 15) is 9.18 Å². The zero-order valence-electron chi connectivity index (χ0n) is 14.4. The van der Waals surface area contributed by atoms with Gasteiger partial charge in [0.1, 0.15) is 17.3 Å². The Bertz CT molecular complexity index is 853. The molecule has 0 amide bonds. The molecule has 0 N–H and O–H groups in total. The predicted molar refractivity (Wildman–Crippen MR) is 99.0 cm³/mol. The number of carbonyl (C=O) groups excluding carboxylic acids is 1. The number of halogens is 1. The number of carbonyl (C=O) groups is 1. The van der Waals surface area contributed by atoms with Gasteiger partial charge in [-0.2, -0.15) is 0 Å². The fraction of sp³-hybridized carbons (Fsp3) is 0.136. The minimum Gasteiger partial charge on any atom is -0.494 e. The molecule has 0 atom stereocenters. The second kappa shape index (κ2) is 8.30. The molecule has 3 nitrogen and oxygen atoms in total. The van der Waals surface area contributed by atoms with Gasteiger partial charge in [-0.3, -0.25) is 0 Å². The van der Waals surface area contributed by atoms with Crippen molar-refractivity contribution in [1.82, 2.24) is 0 Å². The highest BCUT2D eigenvalue weighted by Crippen LogP contribution is 2.23. The van der Waals surface area contributed by atoms with Crippen LogP contribution in [0.15, 0.2) is 72.8 Å². The summed E-state index contributed by atoms with van der Waals surface area (Å²) in [6.07, 6.45) is 0.928. The van der Waals surface area contributed by atoms with Gasteiger partial charge in [0.15, 0.2) is 0 Å². The Labute approximate surface area is 152 Å². The van der Waals surface area contributed by atoms with Gasteiger partial charge in [0.05, 0.1) is 12.2 Å². The zero-order valence-corrected chi connectivity index (χ0v) is 14.4. The highest BCUT2D eigenvalue weighted by molar-refractivity contribution is 5.91. The number of ether oxygens (including phenoxy) is 2. The quantitative estimate of drug-likeness (QED) is 0.435. The molecule has 4 heteroatoms. The Balaban J connectivity index is 1.64. The van der Waals surface area contributed by atoms with Crippen molar-refractivity contribution >= 4 is 5.97 Å². The minimum atomic E-state index is -0.429. The average molecular weight is 350 g/mol. The van der Waals surface area contributed by atoms with Crippen LogP contribution in [-0.2, 0) is 0 Å². The fourth-order valence-corrected chi connectivity index (χ4v) is 2.43. The summed E-state index contributed by atoms with van der Waals surface area (Å²) in [5.74, 6) is 0.478. The van der Waals surface area contributed by atoms with E-state index in [4.69, 9.17) is 9.47 Å². The SMILES string of the molecule is CCCOc1ccc(C(=O)Oc2ccc(-c3ccc(F)cc3)cc2)cc1. The van der Waals surface area contributed by atoms with Gasteiger partial charge < -0.3 is 9.47 Å². The standard InChI is InChI=1S/C22H19FO3/c1-2-15-25-20-11-7-18(8-12-20)22(24)26-21-13-5-17(6-14-21)16-3-9-19(23)10-4-16/h3-14H,2,15H2,1H3. The Morgan fingerprint density at radius 2 is 1.35 bits per heavy atom. The summed E-state index contributed by atoms with van der Waals surface area (Å²) < 4.78 is 23.9. The van der Waals surface area contributed by atoms with Crippen LogP contribution in [0.25, 0.3) is 11.1 Å². The first-order valence-electron chi connectivity index (χ1n) is 8.47. The maximum Gasteiger partial charge on any atom is 0.343 e. The molecule has 0 unspecified atom stereocenters. The summed E-state index contributed by atoms with van der Waals surface area (Å²) in [6.45, 7) is 2.68. The van der Waals surface area contributed by atoms with E-state index in [1.54, 1.807) is 48.5 Å². The average Bonchev–Trinajstić information content (AvgIpc) is 2.68. The third kappa shape index (κ3) is 4.48. The molecule has 3 rings (SSSR count). The summed E-state index contributed by atoms with van der Waals surface area (Å²) >= 11 is 0. The summed E-state index contributed by atoms with van der Waals surface area (Å²) in [6, 6.07) is 20.2. The Hall–Kier alpha value is -3.14. The molecule has 0 aromatic heterocycles. The van der Waals surface area contributed by atoms with Crippen molar-refractivity contribution < 1.29 is 18.7 Å². The molecule has 0 heterocycles. The molecular formula is C22H19FO3. The molecule has 0 fully saturated rings. The first kappa shape index (κ1) is 17.7. The van der Waals surface area contributed by atoms with Crippen molar-refractivity contribution in [2.75, 3.05) is 6.61 Å². The Morgan fingerprint density at radius 3 is 1.92 bits per heavy atom. The molecule has 3 aromatic carbocycles. The lowest BCUT2D eigenvalue weighted by atomic mass is 10.1. The van der Waals surface area contributed by atoms with E-state index in [0.717, 1.165) is 23.3 Å². The second-order valence-electron chi connectivity index (χ2n) is 5.79. The second-order valence-corrected chi connectivity index (χ2v) is 5.79. The van der Waals surface area contributed by atoms with Crippen LogP contribution in [0.1, 0.15) is 23.7 Å². The maximum atomic E-state index is 13.0. The van der Waals surface area contributed by atoms with E-state index in [1.165, 1.54) is 12.1 Å². The highest BCUT2D eigenvalue weighted by atomic mass is 19.1. The maximum absolute atomic E-state index is 13.0. The van der Waals surface area contributed by atoms with Gasteiger partial charge in [-0.25, -0.2) is 9.18 Å². The van der Waals surface area contributed by atoms with E-state index in [0.29, 0.717) is 17.9 Å². The van der Waals surface area contributed by atoms with Crippen molar-refractivity contribution in [1.29, 1.82) is 0 Å². The van der Waals surface area contributed by atoms with Gasteiger partial charge in [-0.05, 0) is 66.1 Å². The van der Waals surface area contributed by atoms with Crippen molar-refractivity contribution in [3.63, 3.8) is 0 Å². The normalized spacial score (nSPS) is 10.4. The number of hydrogen-bond acceptors (Lipinski definition) is 3. The molecule has 0 radical (unpaired) electrons. The van der Waals surface area contributed by atoms with Crippen LogP contribution in [0.5, 0.6) is 11.5 Å². The molecule has 0 saturated heterocycles. The van der Waals surface area contributed by atoms with Crippen LogP contribution in [-0.4, -0.2) is 12.6 Å². The molecule has 0 aliphatic heterocycles. The van der Waals surface area contributed by atoms with Crippen LogP contribution in [0.2, 0.25) is 0 Å². The van der Waals surface area contributed by atoms with E-state index in [1.807, 2.05) is 19.1 Å². The van der Waals surface area contributed by atoms with Crippen LogP contribution in [0.3, 0.4) is 0 Å². The van der Waals surface area contributed by atoms with E-state index >= 15 is 0 Å². The number of esters is 1. The first-order valence-corrected chi connectivity index (χ1v) is 8.47. The van der Waals surface area contributed by atoms with Gasteiger partial charge >= 0.3 is 5.97 Å². The minimum absolute atomic E-state index is 0.273. The highest BCUT2D eigenvalue weighted by Gasteiger charge is 2.09. The summed E-state index contributed by atoms with van der Waals surface area (Å²) in [7, 11) is 0. The molecule has 3 aromatic rings. The zero-order chi connectivity index (χ0) is 18.4. The lowest BCUT2D eigenvalue weighted by Crippen LogP contribution is -2.08. The van der Waals surface area contributed by atoms with Gasteiger partial charge in [0.25, 0.3) is 0 Å². The van der Waals surface area contributed by atoms with Gasteiger partial charge in [-0.15, -0.1) is 0 Å². The number of rotatable bonds is 6. The summed E-state index contributed by atoms with van der Waals surface area (Å²) in [5.41, 5.74) is 2.27. The van der Waals surface area contributed by atoms with Gasteiger partial charge in [0, 0.05) is 0 Å². The molecule has 0 aliphatic rings. The van der Waals surface area contributed by atoms with Gasteiger partial charge in [-0.1, -0.05) is 31.2 Å². The smallest absolute Gasteiger partial charge is 0.343 e. The Morgan fingerprint density at radius 1 is 0.808 bits per heavy atom. The van der Waals surface area contributed by atoms with E-state index < -0.39 is 5.97 Å². The Kier molecular flexibility index (Phi) is 5.64. The van der Waals surface area contributed by atoms with E-state index in [-0.39, 0.29) is 5.82 Å². The third-order valence-corrected chi connectivity index (χ3v) is 3.81. The molecule has 0 spiro atoms. The van der Waals surface area contributed by atoms with Crippen LogP contribution < -0.4 is 9.47 Å². The molecule has 0 bridgehead atoms. The van der Waals surface area contributed by atoms with E-state index in [2.05, 4.69) is 0 Å². The first-order chi connectivity index (χ1) is 12.7.